The largest absolute Gasteiger partial charge is 0.466 e. The van der Waals surface area contributed by atoms with Gasteiger partial charge >= 0.3 is 5.97 Å². The Labute approximate surface area is 107 Å². The van der Waals surface area contributed by atoms with Gasteiger partial charge in [-0.3, -0.25) is 9.59 Å². The van der Waals surface area contributed by atoms with E-state index in [0.717, 1.165) is 19.3 Å². The van der Waals surface area contributed by atoms with E-state index in [9.17, 15) is 14.5 Å². The Bertz CT molecular complexity index is 319. The van der Waals surface area contributed by atoms with Gasteiger partial charge in [0.1, 0.15) is 5.92 Å². The van der Waals surface area contributed by atoms with Gasteiger partial charge in [0, 0.05) is 13.1 Å². The van der Waals surface area contributed by atoms with Crippen molar-refractivity contribution in [2.75, 3.05) is 19.7 Å². The number of carbonyl (C=O) groups excluding carboxylic acids is 2. The molecule has 0 radical (unpaired) electrons. The Kier molecular flexibility index (Phi) is 5.74. The van der Waals surface area contributed by atoms with Crippen LogP contribution in [0.4, 0.5) is 0 Å². The van der Waals surface area contributed by atoms with Crippen molar-refractivity contribution < 1.29 is 14.3 Å². The molecule has 1 saturated heterocycles. The molecule has 18 heavy (non-hydrogen) atoms. The van der Waals surface area contributed by atoms with Gasteiger partial charge < -0.3 is 9.64 Å². The summed E-state index contributed by atoms with van der Waals surface area (Å²) in [5.74, 6) is -1.59. The van der Waals surface area contributed by atoms with Gasteiger partial charge in [0.2, 0.25) is 0 Å². The molecular formula is C12H20N2O4. The highest BCUT2D eigenvalue weighted by Crippen LogP contribution is 2.23. The molecule has 6 heteroatoms. The summed E-state index contributed by atoms with van der Waals surface area (Å²) < 4.78 is 4.86. The SMILES string of the molecule is CCCCCN1CC(C(=O)OCC)C(N=O)C1=O. The second-order valence-corrected chi connectivity index (χ2v) is 4.40. The molecule has 102 valence electrons. The maximum absolute atomic E-state index is 11.9. The number of nitroso groups, excluding NO2 is 1. The summed E-state index contributed by atoms with van der Waals surface area (Å²) in [4.78, 5) is 35.8. The zero-order valence-electron chi connectivity index (χ0n) is 10.9. The van der Waals surface area contributed by atoms with E-state index in [-0.39, 0.29) is 19.1 Å². The molecule has 0 saturated carbocycles. The quantitative estimate of drug-likeness (QED) is 0.391. The van der Waals surface area contributed by atoms with Crippen molar-refractivity contribution in [1.82, 2.24) is 4.90 Å². The van der Waals surface area contributed by atoms with Crippen LogP contribution in [0, 0.1) is 10.8 Å². The molecule has 1 heterocycles. The van der Waals surface area contributed by atoms with E-state index < -0.39 is 17.9 Å². The first-order chi connectivity index (χ1) is 8.65. The predicted octanol–water partition coefficient (Wildman–Crippen LogP) is 1.33. The average molecular weight is 256 g/mol. The normalized spacial score (nSPS) is 23.2. The Balaban J connectivity index is 2.62. The van der Waals surface area contributed by atoms with Crippen LogP contribution in [-0.2, 0) is 14.3 Å². The van der Waals surface area contributed by atoms with Gasteiger partial charge in [-0.05, 0) is 13.3 Å². The zero-order valence-corrected chi connectivity index (χ0v) is 10.9. The molecular weight excluding hydrogens is 236 g/mol. The minimum Gasteiger partial charge on any atom is -0.466 e. The second kappa shape index (κ2) is 7.08. The fourth-order valence-electron chi connectivity index (χ4n) is 2.11. The number of ether oxygens (including phenoxy) is 1. The van der Waals surface area contributed by atoms with Crippen LogP contribution in [0.5, 0.6) is 0 Å². The maximum Gasteiger partial charge on any atom is 0.313 e. The molecule has 1 aliphatic rings. The number of esters is 1. The number of nitrogens with zero attached hydrogens (tertiary/aromatic N) is 2. The lowest BCUT2D eigenvalue weighted by Crippen LogP contribution is -2.30. The van der Waals surface area contributed by atoms with Gasteiger partial charge in [0.25, 0.3) is 5.91 Å². The lowest BCUT2D eigenvalue weighted by molar-refractivity contribution is -0.148. The van der Waals surface area contributed by atoms with Crippen molar-refractivity contribution in [3.8, 4) is 0 Å². The van der Waals surface area contributed by atoms with Crippen molar-refractivity contribution in [2.45, 2.75) is 39.2 Å². The highest BCUT2D eigenvalue weighted by molar-refractivity contribution is 5.91. The first-order valence-corrected chi connectivity index (χ1v) is 6.43. The predicted molar refractivity (Wildman–Crippen MR) is 65.8 cm³/mol. The summed E-state index contributed by atoms with van der Waals surface area (Å²) in [6, 6.07) is -1.11. The summed E-state index contributed by atoms with van der Waals surface area (Å²) in [7, 11) is 0. The molecule has 0 bridgehead atoms. The van der Waals surface area contributed by atoms with Crippen LogP contribution < -0.4 is 0 Å². The summed E-state index contributed by atoms with van der Waals surface area (Å²) in [6.07, 6.45) is 2.95. The van der Waals surface area contributed by atoms with E-state index in [2.05, 4.69) is 12.1 Å². The Morgan fingerprint density at radius 3 is 2.72 bits per heavy atom. The van der Waals surface area contributed by atoms with Crippen molar-refractivity contribution in [3.05, 3.63) is 4.91 Å². The first-order valence-electron chi connectivity index (χ1n) is 6.43. The topological polar surface area (TPSA) is 76.0 Å². The molecule has 6 nitrogen and oxygen atoms in total. The highest BCUT2D eigenvalue weighted by atomic mass is 16.5. The fourth-order valence-corrected chi connectivity index (χ4v) is 2.11. The van der Waals surface area contributed by atoms with Gasteiger partial charge in [-0.1, -0.05) is 24.9 Å². The number of hydrogen-bond acceptors (Lipinski definition) is 5. The van der Waals surface area contributed by atoms with Crippen molar-refractivity contribution in [3.63, 3.8) is 0 Å². The molecule has 0 aromatic carbocycles. The van der Waals surface area contributed by atoms with Crippen LogP contribution in [-0.4, -0.2) is 42.5 Å². The lowest BCUT2D eigenvalue weighted by atomic mass is 10.1. The minimum absolute atomic E-state index is 0.241. The minimum atomic E-state index is -1.11. The summed E-state index contributed by atoms with van der Waals surface area (Å²) >= 11 is 0. The molecule has 2 unspecified atom stereocenters. The second-order valence-electron chi connectivity index (χ2n) is 4.40. The Morgan fingerprint density at radius 2 is 2.17 bits per heavy atom. The molecule has 1 fully saturated rings. The van der Waals surface area contributed by atoms with Gasteiger partial charge in [-0.25, -0.2) is 0 Å². The van der Waals surface area contributed by atoms with E-state index in [1.165, 1.54) is 0 Å². The van der Waals surface area contributed by atoms with Crippen LogP contribution in [0.1, 0.15) is 33.1 Å². The molecule has 0 spiro atoms. The van der Waals surface area contributed by atoms with E-state index in [1.807, 2.05) is 0 Å². The fraction of sp³-hybridized carbons (Fsp3) is 0.833. The molecule has 1 amide bonds. The number of rotatable bonds is 7. The van der Waals surface area contributed by atoms with Gasteiger partial charge in [-0.15, -0.1) is 4.91 Å². The van der Waals surface area contributed by atoms with E-state index in [4.69, 9.17) is 4.74 Å². The zero-order chi connectivity index (χ0) is 13.5. The smallest absolute Gasteiger partial charge is 0.313 e. The lowest BCUT2D eigenvalue weighted by Gasteiger charge is -2.15. The number of amides is 1. The van der Waals surface area contributed by atoms with Crippen molar-refractivity contribution in [1.29, 1.82) is 0 Å². The summed E-state index contributed by atoms with van der Waals surface area (Å²) in [5, 5.41) is 2.79. The Morgan fingerprint density at radius 1 is 1.44 bits per heavy atom. The first kappa shape index (κ1) is 14.6. The molecule has 1 aliphatic heterocycles. The number of unbranched alkanes of at least 4 members (excludes halogenated alkanes) is 2. The van der Waals surface area contributed by atoms with E-state index in [0.29, 0.717) is 6.54 Å². The average Bonchev–Trinajstić information content (AvgIpc) is 2.67. The Hall–Kier alpha value is -1.46. The molecule has 1 rings (SSSR count). The van der Waals surface area contributed by atoms with Crippen LogP contribution in [0.15, 0.2) is 5.18 Å². The molecule has 2 atom stereocenters. The third-order valence-corrected chi connectivity index (χ3v) is 3.10. The van der Waals surface area contributed by atoms with E-state index >= 15 is 0 Å². The van der Waals surface area contributed by atoms with Crippen molar-refractivity contribution >= 4 is 11.9 Å². The number of carbonyl (C=O) groups is 2. The molecule has 0 aromatic rings. The molecule has 0 aromatic heterocycles. The van der Waals surface area contributed by atoms with Crippen LogP contribution >= 0.6 is 0 Å². The van der Waals surface area contributed by atoms with Gasteiger partial charge in [-0.2, -0.15) is 0 Å². The number of likely N-dealkylation sites (tertiary alicyclic amines) is 1. The van der Waals surface area contributed by atoms with E-state index in [1.54, 1.807) is 11.8 Å². The maximum atomic E-state index is 11.9. The van der Waals surface area contributed by atoms with Crippen LogP contribution in [0.25, 0.3) is 0 Å². The number of hydrogen-bond donors (Lipinski definition) is 0. The third-order valence-electron chi connectivity index (χ3n) is 3.10. The van der Waals surface area contributed by atoms with Crippen LogP contribution in [0.2, 0.25) is 0 Å². The van der Waals surface area contributed by atoms with Gasteiger partial charge in [0.05, 0.1) is 6.61 Å². The standard InChI is InChI=1S/C12H20N2O4/c1-3-5-6-7-14-8-9(12(16)18-4-2)10(13-17)11(14)15/h9-10H,3-8H2,1-2H3. The molecule has 0 aliphatic carbocycles. The monoisotopic (exact) mass is 256 g/mol. The van der Waals surface area contributed by atoms with Crippen LogP contribution in [0.3, 0.4) is 0 Å². The van der Waals surface area contributed by atoms with Crippen molar-refractivity contribution in [2.24, 2.45) is 11.1 Å². The summed E-state index contributed by atoms with van der Waals surface area (Å²) in [6.45, 7) is 4.83. The van der Waals surface area contributed by atoms with Gasteiger partial charge in [0.15, 0.2) is 6.04 Å². The summed E-state index contributed by atoms with van der Waals surface area (Å²) in [5.41, 5.74) is 0. The molecule has 0 N–H and O–H groups in total. The highest BCUT2D eigenvalue weighted by Gasteiger charge is 2.46. The third kappa shape index (κ3) is 3.27.